The molecule has 3 rings (SSSR count). The summed E-state index contributed by atoms with van der Waals surface area (Å²) in [7, 11) is 0. The summed E-state index contributed by atoms with van der Waals surface area (Å²) in [6.45, 7) is 1.40. The molecule has 2 aromatic rings. The molecule has 0 spiro atoms. The summed E-state index contributed by atoms with van der Waals surface area (Å²) >= 11 is 0. The van der Waals surface area contributed by atoms with Crippen LogP contribution in [0.4, 0.5) is 17.3 Å². The maximum Gasteiger partial charge on any atom is 0.340 e. The first kappa shape index (κ1) is 18.2. The van der Waals surface area contributed by atoms with E-state index in [4.69, 9.17) is 15.2 Å². The number of rotatable bonds is 5. The molecule has 27 heavy (non-hydrogen) atoms. The molecule has 0 bridgehead atoms. The van der Waals surface area contributed by atoms with Gasteiger partial charge >= 0.3 is 5.97 Å². The average molecular weight is 370 g/mol. The first-order valence-corrected chi connectivity index (χ1v) is 8.25. The summed E-state index contributed by atoms with van der Waals surface area (Å²) in [5, 5.41) is 2.63. The molecule has 9 nitrogen and oxygen atoms in total. The minimum atomic E-state index is -0.546. The van der Waals surface area contributed by atoms with E-state index in [0.29, 0.717) is 11.4 Å². The maximum atomic E-state index is 12.5. The van der Waals surface area contributed by atoms with Gasteiger partial charge in [0.1, 0.15) is 12.4 Å². The van der Waals surface area contributed by atoms with Gasteiger partial charge in [-0.2, -0.15) is 0 Å². The SMILES string of the molecule is CCOC(=O)c1ccccc1NC(=O)CN1C(=O)COc2ccc(N)nc21. The topological polar surface area (TPSA) is 124 Å². The lowest BCUT2D eigenvalue weighted by atomic mass is 10.2. The van der Waals surface area contributed by atoms with Crippen LogP contribution in [0.3, 0.4) is 0 Å². The van der Waals surface area contributed by atoms with Crippen LogP contribution in [0.2, 0.25) is 0 Å². The number of benzene rings is 1. The lowest BCUT2D eigenvalue weighted by molar-refractivity contribution is -0.123. The highest BCUT2D eigenvalue weighted by Gasteiger charge is 2.29. The number of carbonyl (C=O) groups is 3. The molecule has 0 aliphatic carbocycles. The number of nitrogens with one attached hydrogen (secondary N) is 1. The van der Waals surface area contributed by atoms with Gasteiger partial charge in [-0.05, 0) is 31.2 Å². The lowest BCUT2D eigenvalue weighted by Crippen LogP contribution is -2.44. The van der Waals surface area contributed by atoms with Crippen molar-refractivity contribution < 1.29 is 23.9 Å². The number of para-hydroxylation sites is 1. The van der Waals surface area contributed by atoms with E-state index in [-0.39, 0.29) is 37.0 Å². The quantitative estimate of drug-likeness (QED) is 0.758. The number of hydrogen-bond acceptors (Lipinski definition) is 7. The van der Waals surface area contributed by atoms with Gasteiger partial charge in [0, 0.05) is 0 Å². The minimum Gasteiger partial charge on any atom is -0.480 e. The van der Waals surface area contributed by atoms with Crippen molar-refractivity contribution in [3.05, 3.63) is 42.0 Å². The van der Waals surface area contributed by atoms with Crippen LogP contribution >= 0.6 is 0 Å². The number of esters is 1. The third-order valence-electron chi connectivity index (χ3n) is 3.77. The minimum absolute atomic E-state index is 0.181. The van der Waals surface area contributed by atoms with Gasteiger partial charge < -0.3 is 20.5 Å². The Hall–Kier alpha value is -3.62. The summed E-state index contributed by atoms with van der Waals surface area (Å²) < 4.78 is 10.3. The normalized spacial score (nSPS) is 12.8. The number of carbonyl (C=O) groups excluding carboxylic acids is 3. The number of fused-ring (bicyclic) bond motifs is 1. The van der Waals surface area contributed by atoms with Crippen LogP contribution in [-0.4, -0.2) is 42.5 Å². The highest BCUT2D eigenvalue weighted by Crippen LogP contribution is 2.30. The van der Waals surface area contributed by atoms with Gasteiger partial charge in [-0.1, -0.05) is 12.1 Å². The molecule has 3 N–H and O–H groups in total. The van der Waals surface area contributed by atoms with E-state index in [2.05, 4.69) is 10.3 Å². The summed E-state index contributed by atoms with van der Waals surface area (Å²) in [4.78, 5) is 42.0. The van der Waals surface area contributed by atoms with Gasteiger partial charge in [-0.25, -0.2) is 9.78 Å². The Morgan fingerprint density at radius 2 is 2.07 bits per heavy atom. The van der Waals surface area contributed by atoms with E-state index in [1.54, 1.807) is 43.3 Å². The van der Waals surface area contributed by atoms with Crippen molar-refractivity contribution in [3.63, 3.8) is 0 Å². The van der Waals surface area contributed by atoms with Gasteiger partial charge in [0.15, 0.2) is 18.2 Å². The number of anilines is 3. The van der Waals surface area contributed by atoms with Gasteiger partial charge in [0.05, 0.1) is 17.9 Å². The van der Waals surface area contributed by atoms with Gasteiger partial charge in [0.25, 0.3) is 5.91 Å². The smallest absolute Gasteiger partial charge is 0.340 e. The summed E-state index contributed by atoms with van der Waals surface area (Å²) in [5.74, 6) is -0.726. The second-order valence-electron chi connectivity index (χ2n) is 5.64. The Balaban J connectivity index is 1.79. The second-order valence-corrected chi connectivity index (χ2v) is 5.64. The van der Waals surface area contributed by atoms with Crippen LogP contribution in [0.25, 0.3) is 0 Å². The Labute approximate surface area is 155 Å². The van der Waals surface area contributed by atoms with Crippen LogP contribution in [-0.2, 0) is 14.3 Å². The molecule has 1 aromatic carbocycles. The van der Waals surface area contributed by atoms with Crippen LogP contribution < -0.4 is 20.7 Å². The molecule has 0 unspecified atom stereocenters. The first-order valence-electron chi connectivity index (χ1n) is 8.25. The molecule has 0 radical (unpaired) electrons. The lowest BCUT2D eigenvalue weighted by Gasteiger charge is -2.27. The molecule has 2 amide bonds. The summed E-state index contributed by atoms with van der Waals surface area (Å²) in [5.41, 5.74) is 6.19. The van der Waals surface area contributed by atoms with Crippen molar-refractivity contribution in [1.82, 2.24) is 4.98 Å². The highest BCUT2D eigenvalue weighted by atomic mass is 16.5. The Bertz CT molecular complexity index is 899. The molecule has 0 fully saturated rings. The largest absolute Gasteiger partial charge is 0.480 e. The van der Waals surface area contributed by atoms with Gasteiger partial charge in [0.2, 0.25) is 5.91 Å². The standard InChI is InChI=1S/C18H18N4O5/c1-2-26-18(25)11-5-3-4-6-12(11)20-15(23)9-22-16(24)10-27-13-7-8-14(19)21-17(13)22/h3-8H,2,9-10H2,1H3,(H2,19,21)(H,20,23). The molecule has 1 aliphatic heterocycles. The second kappa shape index (κ2) is 7.73. The molecular weight excluding hydrogens is 352 g/mol. The van der Waals surface area contributed by atoms with Crippen molar-refractivity contribution in [2.45, 2.75) is 6.92 Å². The number of nitrogens with two attached hydrogens (primary N) is 1. The Kier molecular flexibility index (Phi) is 5.20. The zero-order valence-corrected chi connectivity index (χ0v) is 14.6. The van der Waals surface area contributed by atoms with Crippen molar-refractivity contribution in [1.29, 1.82) is 0 Å². The predicted molar refractivity (Wildman–Crippen MR) is 97.5 cm³/mol. The molecule has 1 aliphatic rings. The fourth-order valence-corrected chi connectivity index (χ4v) is 2.57. The third-order valence-corrected chi connectivity index (χ3v) is 3.77. The van der Waals surface area contributed by atoms with Crippen molar-refractivity contribution in [2.24, 2.45) is 0 Å². The van der Waals surface area contributed by atoms with Crippen molar-refractivity contribution >= 4 is 35.1 Å². The predicted octanol–water partition coefficient (Wildman–Crippen LogP) is 1.20. The number of nitrogens with zero attached hydrogens (tertiary/aromatic N) is 2. The number of nitrogen functional groups attached to an aromatic ring is 1. The van der Waals surface area contributed by atoms with Crippen LogP contribution in [0.5, 0.6) is 5.75 Å². The zero-order valence-electron chi connectivity index (χ0n) is 14.6. The van der Waals surface area contributed by atoms with Gasteiger partial charge in [-0.15, -0.1) is 0 Å². The molecule has 2 heterocycles. The van der Waals surface area contributed by atoms with E-state index in [0.717, 1.165) is 0 Å². The van der Waals surface area contributed by atoms with Crippen molar-refractivity contribution in [3.8, 4) is 5.75 Å². The number of amides is 2. The molecule has 9 heteroatoms. The molecule has 1 aromatic heterocycles. The molecule has 140 valence electrons. The molecule has 0 atom stereocenters. The molecule has 0 saturated carbocycles. The number of hydrogen-bond donors (Lipinski definition) is 2. The molecular formula is C18H18N4O5. The van der Waals surface area contributed by atoms with E-state index < -0.39 is 17.8 Å². The van der Waals surface area contributed by atoms with Gasteiger partial charge in [-0.3, -0.25) is 14.5 Å². The fraction of sp³-hybridized carbons (Fsp3) is 0.222. The molecule has 0 saturated heterocycles. The van der Waals surface area contributed by atoms with E-state index in [9.17, 15) is 14.4 Å². The van der Waals surface area contributed by atoms with Crippen LogP contribution in [0.1, 0.15) is 17.3 Å². The van der Waals surface area contributed by atoms with Crippen LogP contribution in [0, 0.1) is 0 Å². The highest BCUT2D eigenvalue weighted by molar-refractivity contribution is 6.06. The Morgan fingerprint density at radius 1 is 1.30 bits per heavy atom. The monoisotopic (exact) mass is 370 g/mol. The number of aromatic nitrogens is 1. The third kappa shape index (κ3) is 3.97. The maximum absolute atomic E-state index is 12.5. The summed E-state index contributed by atoms with van der Waals surface area (Å²) in [6, 6.07) is 9.60. The van der Waals surface area contributed by atoms with E-state index >= 15 is 0 Å². The van der Waals surface area contributed by atoms with Crippen LogP contribution in [0.15, 0.2) is 36.4 Å². The van der Waals surface area contributed by atoms with Crippen molar-refractivity contribution in [2.75, 3.05) is 35.7 Å². The first-order chi connectivity index (χ1) is 13.0. The fourth-order valence-electron chi connectivity index (χ4n) is 2.57. The number of pyridine rings is 1. The zero-order chi connectivity index (χ0) is 19.4. The average Bonchev–Trinajstić information content (AvgIpc) is 2.65. The van der Waals surface area contributed by atoms with E-state index in [1.165, 1.54) is 4.90 Å². The van der Waals surface area contributed by atoms with E-state index in [1.807, 2.05) is 0 Å². The summed E-state index contributed by atoms with van der Waals surface area (Å²) in [6.07, 6.45) is 0. The Morgan fingerprint density at radius 3 is 2.85 bits per heavy atom. The number of ether oxygens (including phenoxy) is 2.